The number of hydrogen-bond acceptors (Lipinski definition) is 5. The van der Waals surface area contributed by atoms with E-state index in [2.05, 4.69) is 4.74 Å². The minimum Gasteiger partial charge on any atom is -0.497 e. The highest BCUT2D eigenvalue weighted by atomic mass is 16.5. The predicted octanol–water partition coefficient (Wildman–Crippen LogP) is 1.39. The van der Waals surface area contributed by atoms with Gasteiger partial charge in [0.05, 0.1) is 21.3 Å². The van der Waals surface area contributed by atoms with E-state index in [1.54, 1.807) is 19.2 Å². The third kappa shape index (κ3) is 2.56. The van der Waals surface area contributed by atoms with Crippen LogP contribution in [0.15, 0.2) is 12.1 Å². The van der Waals surface area contributed by atoms with Crippen LogP contribution in [-0.2, 0) is 16.1 Å². The summed E-state index contributed by atoms with van der Waals surface area (Å²) in [4.78, 5) is 10.2. The van der Waals surface area contributed by atoms with Gasteiger partial charge in [-0.1, -0.05) is 0 Å². The molecule has 0 fully saturated rings. The van der Waals surface area contributed by atoms with Crippen molar-refractivity contribution in [2.75, 3.05) is 21.3 Å². The molecule has 0 amide bonds. The first-order chi connectivity index (χ1) is 7.76. The van der Waals surface area contributed by atoms with Crippen LogP contribution in [0.25, 0.3) is 0 Å². The molecule has 0 aliphatic rings. The highest BCUT2D eigenvalue weighted by Crippen LogP contribution is 2.35. The fourth-order valence-electron chi connectivity index (χ4n) is 1.36. The molecule has 1 aromatic rings. The molecule has 0 aliphatic carbocycles. The van der Waals surface area contributed by atoms with Gasteiger partial charge in [-0.05, 0) is 6.07 Å². The van der Waals surface area contributed by atoms with Crippen molar-refractivity contribution < 1.29 is 23.7 Å². The Morgan fingerprint density at radius 1 is 1.12 bits per heavy atom. The van der Waals surface area contributed by atoms with E-state index in [1.165, 1.54) is 14.2 Å². The Morgan fingerprint density at radius 3 is 2.38 bits per heavy atom. The topological polar surface area (TPSA) is 54.0 Å². The van der Waals surface area contributed by atoms with E-state index in [-0.39, 0.29) is 6.61 Å². The SMILES string of the molecule is COc1cc(COC=O)c(OC)c(OC)c1. The molecule has 0 atom stereocenters. The van der Waals surface area contributed by atoms with E-state index in [0.29, 0.717) is 29.3 Å². The zero-order valence-corrected chi connectivity index (χ0v) is 9.48. The highest BCUT2D eigenvalue weighted by molar-refractivity contribution is 5.52. The molecule has 0 radical (unpaired) electrons. The summed E-state index contributed by atoms with van der Waals surface area (Å²) in [5, 5.41) is 0. The standard InChI is InChI=1S/C11H14O5/c1-13-9-4-8(6-16-7-12)11(15-3)10(5-9)14-2/h4-5,7H,6H2,1-3H3. The number of hydrogen-bond donors (Lipinski definition) is 0. The molecule has 0 saturated heterocycles. The van der Waals surface area contributed by atoms with Crippen molar-refractivity contribution in [1.29, 1.82) is 0 Å². The van der Waals surface area contributed by atoms with Gasteiger partial charge in [0.25, 0.3) is 6.47 Å². The molecule has 5 nitrogen and oxygen atoms in total. The third-order valence-electron chi connectivity index (χ3n) is 2.07. The monoisotopic (exact) mass is 226 g/mol. The Labute approximate surface area is 93.9 Å². The average Bonchev–Trinajstić information content (AvgIpc) is 2.34. The van der Waals surface area contributed by atoms with Gasteiger partial charge in [0.1, 0.15) is 12.4 Å². The van der Waals surface area contributed by atoms with Gasteiger partial charge in [0, 0.05) is 11.6 Å². The van der Waals surface area contributed by atoms with Crippen molar-refractivity contribution in [1.82, 2.24) is 0 Å². The predicted molar refractivity (Wildman–Crippen MR) is 57.0 cm³/mol. The number of rotatable bonds is 6. The number of carbonyl (C=O) groups is 1. The Morgan fingerprint density at radius 2 is 1.88 bits per heavy atom. The van der Waals surface area contributed by atoms with Crippen LogP contribution in [0.2, 0.25) is 0 Å². The van der Waals surface area contributed by atoms with Crippen molar-refractivity contribution in [2.45, 2.75) is 6.61 Å². The summed E-state index contributed by atoms with van der Waals surface area (Å²) >= 11 is 0. The van der Waals surface area contributed by atoms with Crippen molar-refractivity contribution in [3.8, 4) is 17.2 Å². The summed E-state index contributed by atoms with van der Waals surface area (Å²) < 4.78 is 20.1. The van der Waals surface area contributed by atoms with Gasteiger partial charge in [-0.15, -0.1) is 0 Å². The maximum Gasteiger partial charge on any atom is 0.293 e. The number of carbonyl (C=O) groups excluding carboxylic acids is 1. The summed E-state index contributed by atoms with van der Waals surface area (Å²) in [6, 6.07) is 3.42. The minimum absolute atomic E-state index is 0.111. The molecule has 1 rings (SSSR count). The van der Waals surface area contributed by atoms with E-state index in [0.717, 1.165) is 0 Å². The fraction of sp³-hybridized carbons (Fsp3) is 0.364. The zero-order valence-electron chi connectivity index (χ0n) is 9.48. The largest absolute Gasteiger partial charge is 0.497 e. The lowest BCUT2D eigenvalue weighted by Crippen LogP contribution is -1.99. The normalized spacial score (nSPS) is 9.44. The van der Waals surface area contributed by atoms with E-state index >= 15 is 0 Å². The van der Waals surface area contributed by atoms with Crippen LogP contribution in [-0.4, -0.2) is 27.8 Å². The highest BCUT2D eigenvalue weighted by Gasteiger charge is 2.13. The lowest BCUT2D eigenvalue weighted by molar-refractivity contribution is -0.129. The number of benzene rings is 1. The lowest BCUT2D eigenvalue weighted by Gasteiger charge is -2.13. The van der Waals surface area contributed by atoms with E-state index in [1.807, 2.05) is 0 Å². The first-order valence-corrected chi connectivity index (χ1v) is 4.61. The summed E-state index contributed by atoms with van der Waals surface area (Å²) in [5.41, 5.74) is 0.686. The van der Waals surface area contributed by atoms with Crippen LogP contribution in [0.4, 0.5) is 0 Å². The maximum absolute atomic E-state index is 10.2. The van der Waals surface area contributed by atoms with Crippen molar-refractivity contribution in [3.05, 3.63) is 17.7 Å². The average molecular weight is 226 g/mol. The fourth-order valence-corrected chi connectivity index (χ4v) is 1.36. The third-order valence-corrected chi connectivity index (χ3v) is 2.07. The van der Waals surface area contributed by atoms with Gasteiger partial charge in [-0.3, -0.25) is 4.79 Å². The molecule has 0 N–H and O–H groups in total. The molecule has 0 heterocycles. The van der Waals surface area contributed by atoms with E-state index in [9.17, 15) is 4.79 Å². The lowest BCUT2D eigenvalue weighted by atomic mass is 10.2. The summed E-state index contributed by atoms with van der Waals surface area (Å²) in [7, 11) is 4.60. The van der Waals surface area contributed by atoms with Gasteiger partial charge in [0.15, 0.2) is 11.5 Å². The maximum atomic E-state index is 10.2. The number of ether oxygens (including phenoxy) is 4. The smallest absolute Gasteiger partial charge is 0.293 e. The molecular formula is C11H14O5. The Hall–Kier alpha value is -1.91. The summed E-state index contributed by atoms with van der Waals surface area (Å²) in [5.74, 6) is 1.68. The zero-order chi connectivity index (χ0) is 12.0. The Kier molecular flexibility index (Phi) is 4.44. The van der Waals surface area contributed by atoms with E-state index in [4.69, 9.17) is 14.2 Å². The van der Waals surface area contributed by atoms with Crippen LogP contribution < -0.4 is 14.2 Å². The number of methoxy groups -OCH3 is 3. The second-order valence-corrected chi connectivity index (χ2v) is 2.93. The molecule has 0 unspecified atom stereocenters. The molecule has 1 aromatic carbocycles. The van der Waals surface area contributed by atoms with Crippen molar-refractivity contribution >= 4 is 6.47 Å². The van der Waals surface area contributed by atoms with E-state index < -0.39 is 0 Å². The molecule has 88 valence electrons. The Balaban J connectivity index is 3.14. The summed E-state index contributed by atoms with van der Waals surface area (Å²) in [6.07, 6.45) is 0. The molecule has 0 aromatic heterocycles. The molecule has 0 spiro atoms. The first-order valence-electron chi connectivity index (χ1n) is 4.61. The first kappa shape index (κ1) is 12.2. The molecule has 16 heavy (non-hydrogen) atoms. The summed E-state index contributed by atoms with van der Waals surface area (Å²) in [6.45, 7) is 0.492. The van der Waals surface area contributed by atoms with Gasteiger partial charge >= 0.3 is 0 Å². The van der Waals surface area contributed by atoms with Crippen LogP contribution in [0, 0.1) is 0 Å². The van der Waals surface area contributed by atoms with Crippen LogP contribution in [0.1, 0.15) is 5.56 Å². The van der Waals surface area contributed by atoms with Gasteiger partial charge < -0.3 is 18.9 Å². The van der Waals surface area contributed by atoms with Crippen LogP contribution in [0.3, 0.4) is 0 Å². The molecular weight excluding hydrogens is 212 g/mol. The van der Waals surface area contributed by atoms with Crippen molar-refractivity contribution in [3.63, 3.8) is 0 Å². The van der Waals surface area contributed by atoms with Gasteiger partial charge in [0.2, 0.25) is 0 Å². The van der Waals surface area contributed by atoms with Gasteiger partial charge in [-0.25, -0.2) is 0 Å². The Bertz CT molecular complexity index is 362. The second-order valence-electron chi connectivity index (χ2n) is 2.93. The molecule has 0 bridgehead atoms. The molecule has 5 heteroatoms. The van der Waals surface area contributed by atoms with Crippen LogP contribution in [0.5, 0.6) is 17.2 Å². The molecule has 0 saturated carbocycles. The quantitative estimate of drug-likeness (QED) is 0.686. The van der Waals surface area contributed by atoms with Crippen molar-refractivity contribution in [2.24, 2.45) is 0 Å². The van der Waals surface area contributed by atoms with Gasteiger partial charge in [-0.2, -0.15) is 0 Å². The second kappa shape index (κ2) is 5.85. The minimum atomic E-state index is 0.111. The molecule has 0 aliphatic heterocycles. The van der Waals surface area contributed by atoms with Crippen LogP contribution >= 0.6 is 0 Å².